The Morgan fingerprint density at radius 3 is 2.71 bits per heavy atom. The second kappa shape index (κ2) is 10.6. The van der Waals surface area contributed by atoms with Crippen molar-refractivity contribution >= 4 is 50.8 Å². The molecule has 12 heteroatoms. The van der Waals surface area contributed by atoms with Gasteiger partial charge in [-0.15, -0.1) is 11.3 Å². The van der Waals surface area contributed by atoms with Crippen molar-refractivity contribution in [1.82, 2.24) is 24.8 Å². The number of halogens is 1. The van der Waals surface area contributed by atoms with E-state index < -0.39 is 0 Å². The van der Waals surface area contributed by atoms with Crippen LogP contribution in [0.25, 0.3) is 22.6 Å². The van der Waals surface area contributed by atoms with E-state index in [1.165, 1.54) is 11.3 Å². The van der Waals surface area contributed by atoms with Crippen LogP contribution >= 0.6 is 22.9 Å². The van der Waals surface area contributed by atoms with E-state index in [9.17, 15) is 4.79 Å². The molecule has 182 valence electrons. The van der Waals surface area contributed by atoms with Crippen LogP contribution in [0.5, 0.6) is 5.75 Å². The second-order valence-corrected chi connectivity index (χ2v) is 9.28. The molecule has 1 aliphatic rings. The standard InChI is InChI=1S/C23H24ClN7O3S/c24-17-13-26-22-19(28-21(29-22)15-1-3-16(4-2-15)34-11-10-32)20(17)31-8-6-30(7-9-31)14-18(33)27-23-25-5-12-35-23/h1-5,12-13,32H,6-11,14H2,(H,25,27,33)(H,26,28,29). The third kappa shape index (κ3) is 5.38. The molecule has 3 aromatic heterocycles. The molecule has 4 heterocycles. The lowest BCUT2D eigenvalue weighted by Gasteiger charge is -2.36. The number of carbonyl (C=O) groups excluding carboxylic acids is 1. The summed E-state index contributed by atoms with van der Waals surface area (Å²) >= 11 is 7.98. The highest BCUT2D eigenvalue weighted by molar-refractivity contribution is 7.13. The van der Waals surface area contributed by atoms with Crippen molar-refractivity contribution in [3.8, 4) is 17.1 Å². The first-order valence-corrected chi connectivity index (χ1v) is 12.4. The Morgan fingerprint density at radius 2 is 2.00 bits per heavy atom. The molecule has 1 amide bonds. The largest absolute Gasteiger partial charge is 0.491 e. The number of aromatic nitrogens is 4. The number of carbonyl (C=O) groups is 1. The van der Waals surface area contributed by atoms with Crippen molar-refractivity contribution in [2.24, 2.45) is 0 Å². The molecule has 10 nitrogen and oxygen atoms in total. The number of amides is 1. The SMILES string of the molecule is O=C(CN1CCN(c2c(Cl)cnc3[nH]c(-c4ccc(OCCO)cc4)nc23)CC1)Nc1nccs1. The highest BCUT2D eigenvalue weighted by atomic mass is 35.5. The van der Waals surface area contributed by atoms with Crippen LogP contribution in [-0.4, -0.2) is 81.8 Å². The number of hydrogen-bond acceptors (Lipinski definition) is 9. The minimum absolute atomic E-state index is 0.0331. The Balaban J connectivity index is 1.28. The summed E-state index contributed by atoms with van der Waals surface area (Å²) in [5.41, 5.74) is 3.10. The summed E-state index contributed by atoms with van der Waals surface area (Å²) in [6.07, 6.45) is 3.31. The molecule has 1 aromatic carbocycles. The number of nitrogens with one attached hydrogen (secondary N) is 2. The van der Waals surface area contributed by atoms with Gasteiger partial charge in [0.15, 0.2) is 10.8 Å². The number of ether oxygens (including phenoxy) is 1. The van der Waals surface area contributed by atoms with Gasteiger partial charge < -0.3 is 25.0 Å². The van der Waals surface area contributed by atoms with Crippen molar-refractivity contribution in [3.05, 3.63) is 47.1 Å². The third-order valence-electron chi connectivity index (χ3n) is 5.66. The molecule has 0 atom stereocenters. The fourth-order valence-electron chi connectivity index (χ4n) is 4.00. The second-order valence-electron chi connectivity index (χ2n) is 7.98. The molecule has 3 N–H and O–H groups in total. The van der Waals surface area contributed by atoms with Crippen LogP contribution in [-0.2, 0) is 4.79 Å². The maximum atomic E-state index is 12.3. The molecule has 35 heavy (non-hydrogen) atoms. The normalized spacial score (nSPS) is 14.4. The summed E-state index contributed by atoms with van der Waals surface area (Å²) in [6.45, 7) is 3.40. The number of pyridine rings is 1. The number of thiazole rings is 1. The third-order valence-corrected chi connectivity index (χ3v) is 6.63. The Hall–Kier alpha value is -3.25. The van der Waals surface area contributed by atoms with Crippen LogP contribution in [0.3, 0.4) is 0 Å². The molecule has 0 spiro atoms. The van der Waals surface area contributed by atoms with Crippen LogP contribution < -0.4 is 15.0 Å². The topological polar surface area (TPSA) is 120 Å². The van der Waals surface area contributed by atoms with E-state index in [0.29, 0.717) is 52.5 Å². The molecule has 5 rings (SSSR count). The predicted octanol–water partition coefficient (Wildman–Crippen LogP) is 2.87. The first-order valence-electron chi connectivity index (χ1n) is 11.2. The molecule has 0 aliphatic carbocycles. The first-order chi connectivity index (χ1) is 17.1. The Kier molecular flexibility index (Phi) is 7.09. The van der Waals surface area contributed by atoms with Crippen molar-refractivity contribution in [1.29, 1.82) is 0 Å². The molecule has 1 aliphatic heterocycles. The zero-order valence-corrected chi connectivity index (χ0v) is 20.3. The Morgan fingerprint density at radius 1 is 1.20 bits per heavy atom. The fraction of sp³-hybridized carbons (Fsp3) is 0.304. The lowest BCUT2D eigenvalue weighted by atomic mass is 10.2. The molecule has 0 bridgehead atoms. The number of H-pyrrole nitrogens is 1. The molecule has 0 radical (unpaired) electrons. The van der Waals surface area contributed by atoms with E-state index in [-0.39, 0.29) is 19.1 Å². The zero-order valence-electron chi connectivity index (χ0n) is 18.8. The van der Waals surface area contributed by atoms with Crippen LogP contribution in [0.1, 0.15) is 0 Å². The van der Waals surface area contributed by atoms with Gasteiger partial charge in [-0.05, 0) is 24.3 Å². The van der Waals surface area contributed by atoms with Crippen LogP contribution in [0.15, 0.2) is 42.0 Å². The van der Waals surface area contributed by atoms with Crippen LogP contribution in [0.4, 0.5) is 10.8 Å². The van der Waals surface area contributed by atoms with Crippen LogP contribution in [0.2, 0.25) is 5.02 Å². The van der Waals surface area contributed by atoms with E-state index in [4.69, 9.17) is 26.4 Å². The smallest absolute Gasteiger partial charge is 0.240 e. The number of piperazine rings is 1. The molecule has 0 unspecified atom stereocenters. The number of benzene rings is 1. The quantitative estimate of drug-likeness (QED) is 0.329. The number of hydrogen-bond donors (Lipinski definition) is 3. The number of nitrogens with zero attached hydrogens (tertiary/aromatic N) is 5. The molecular weight excluding hydrogens is 490 g/mol. The molecule has 4 aromatic rings. The highest BCUT2D eigenvalue weighted by Gasteiger charge is 2.24. The van der Waals surface area contributed by atoms with E-state index in [0.717, 1.165) is 24.3 Å². The van der Waals surface area contributed by atoms with Crippen molar-refractivity contribution in [2.45, 2.75) is 0 Å². The Bertz CT molecular complexity index is 1290. The minimum atomic E-state index is -0.0672. The monoisotopic (exact) mass is 513 g/mol. The molecule has 1 fully saturated rings. The molecular formula is C23H24ClN7O3S. The summed E-state index contributed by atoms with van der Waals surface area (Å²) in [5, 5.41) is 14.7. The minimum Gasteiger partial charge on any atom is -0.491 e. The number of aromatic amines is 1. The van der Waals surface area contributed by atoms with Gasteiger partial charge >= 0.3 is 0 Å². The Labute approximate surface area is 210 Å². The van der Waals surface area contributed by atoms with Gasteiger partial charge in [0.25, 0.3) is 0 Å². The number of aliphatic hydroxyl groups excluding tert-OH is 1. The van der Waals surface area contributed by atoms with Gasteiger partial charge in [-0.3, -0.25) is 9.69 Å². The average molecular weight is 514 g/mol. The zero-order chi connectivity index (χ0) is 24.2. The van der Waals surface area contributed by atoms with Gasteiger partial charge in [-0.25, -0.2) is 15.0 Å². The molecule has 1 saturated heterocycles. The van der Waals surface area contributed by atoms with Crippen molar-refractivity contribution < 1.29 is 14.6 Å². The van der Waals surface area contributed by atoms with Gasteiger partial charge in [0.05, 0.1) is 30.1 Å². The van der Waals surface area contributed by atoms with Gasteiger partial charge in [-0.2, -0.15) is 0 Å². The summed E-state index contributed by atoms with van der Waals surface area (Å²) in [7, 11) is 0. The number of imidazole rings is 1. The van der Waals surface area contributed by atoms with Crippen molar-refractivity contribution in [3.63, 3.8) is 0 Å². The summed E-state index contributed by atoms with van der Waals surface area (Å²) in [6, 6.07) is 7.48. The van der Waals surface area contributed by atoms with Gasteiger partial charge in [0.2, 0.25) is 5.91 Å². The fourth-order valence-corrected chi connectivity index (χ4v) is 4.81. The maximum absolute atomic E-state index is 12.3. The number of anilines is 2. The van der Waals surface area contributed by atoms with E-state index in [2.05, 4.69) is 30.1 Å². The van der Waals surface area contributed by atoms with Crippen molar-refractivity contribution in [2.75, 3.05) is 56.2 Å². The number of fused-ring (bicyclic) bond motifs is 1. The van der Waals surface area contributed by atoms with E-state index >= 15 is 0 Å². The lowest BCUT2D eigenvalue weighted by molar-refractivity contribution is -0.117. The maximum Gasteiger partial charge on any atom is 0.240 e. The number of aliphatic hydroxyl groups is 1. The number of rotatable bonds is 8. The summed E-state index contributed by atoms with van der Waals surface area (Å²) < 4.78 is 5.43. The van der Waals surface area contributed by atoms with E-state index in [1.54, 1.807) is 12.4 Å². The first kappa shape index (κ1) is 23.5. The van der Waals surface area contributed by atoms with Gasteiger partial charge in [0.1, 0.15) is 23.7 Å². The predicted molar refractivity (Wildman–Crippen MR) is 136 cm³/mol. The molecule has 0 saturated carbocycles. The highest BCUT2D eigenvalue weighted by Crippen LogP contribution is 2.34. The van der Waals surface area contributed by atoms with Crippen LogP contribution in [0, 0.1) is 0 Å². The van der Waals surface area contributed by atoms with E-state index in [1.807, 2.05) is 29.6 Å². The van der Waals surface area contributed by atoms with Gasteiger partial charge in [0, 0.05) is 43.3 Å². The summed E-state index contributed by atoms with van der Waals surface area (Å²) in [4.78, 5) is 33.2. The summed E-state index contributed by atoms with van der Waals surface area (Å²) in [5.74, 6) is 1.30. The average Bonchev–Trinajstić information content (AvgIpc) is 3.54. The van der Waals surface area contributed by atoms with Gasteiger partial charge in [-0.1, -0.05) is 11.6 Å². The lowest BCUT2D eigenvalue weighted by Crippen LogP contribution is -2.48.